The van der Waals surface area contributed by atoms with E-state index < -0.39 is 0 Å². The molecule has 0 saturated carbocycles. The molecule has 2 rings (SSSR count). The van der Waals surface area contributed by atoms with Crippen molar-refractivity contribution in [3.63, 3.8) is 0 Å². The first-order valence-electron chi connectivity index (χ1n) is 5.65. The van der Waals surface area contributed by atoms with Crippen LogP contribution >= 0.6 is 12.2 Å². The van der Waals surface area contributed by atoms with E-state index in [0.29, 0.717) is 4.99 Å². The zero-order valence-corrected chi connectivity index (χ0v) is 10.0. The van der Waals surface area contributed by atoms with Crippen LogP contribution < -0.4 is 10.6 Å². The lowest BCUT2D eigenvalue weighted by Gasteiger charge is -2.22. The molecule has 1 aliphatic rings. The predicted octanol–water partition coefficient (Wildman–Crippen LogP) is 1.49. The topological polar surface area (TPSA) is 55.0 Å². The van der Waals surface area contributed by atoms with E-state index in [-0.39, 0.29) is 0 Å². The number of aromatic nitrogens is 2. The Hall–Kier alpha value is -1.23. The molecule has 5 heteroatoms. The molecule has 16 heavy (non-hydrogen) atoms. The second-order valence-electron chi connectivity index (χ2n) is 4.03. The fraction of sp³-hybridized carbons (Fsp3) is 0.545. The van der Waals surface area contributed by atoms with Gasteiger partial charge in [0.05, 0.1) is 11.8 Å². The van der Waals surface area contributed by atoms with E-state index in [1.807, 2.05) is 6.07 Å². The molecule has 0 aromatic carbocycles. The Balaban J connectivity index is 2.27. The normalized spacial score (nSPS) is 16.9. The monoisotopic (exact) mass is 236 g/mol. The van der Waals surface area contributed by atoms with Gasteiger partial charge in [-0.05, 0) is 18.9 Å². The van der Waals surface area contributed by atoms with E-state index >= 15 is 0 Å². The van der Waals surface area contributed by atoms with Crippen molar-refractivity contribution >= 4 is 23.0 Å². The van der Waals surface area contributed by atoms with Gasteiger partial charge in [-0.1, -0.05) is 25.1 Å². The molecule has 2 N–H and O–H groups in total. The molecule has 0 atom stereocenters. The zero-order valence-electron chi connectivity index (χ0n) is 9.22. The highest BCUT2D eigenvalue weighted by molar-refractivity contribution is 7.80. The van der Waals surface area contributed by atoms with E-state index in [1.165, 1.54) is 25.7 Å². The fourth-order valence-electron chi connectivity index (χ4n) is 2.03. The van der Waals surface area contributed by atoms with E-state index in [2.05, 4.69) is 15.1 Å². The van der Waals surface area contributed by atoms with Crippen molar-refractivity contribution in [1.29, 1.82) is 0 Å². The Labute approximate surface area is 101 Å². The summed E-state index contributed by atoms with van der Waals surface area (Å²) in [5.41, 5.74) is 6.54. The molecular formula is C11H16N4S. The third-order valence-electron chi connectivity index (χ3n) is 2.87. The fourth-order valence-corrected chi connectivity index (χ4v) is 2.19. The van der Waals surface area contributed by atoms with Crippen LogP contribution in [0.4, 0.5) is 5.82 Å². The van der Waals surface area contributed by atoms with Crippen LogP contribution in [0.3, 0.4) is 0 Å². The maximum absolute atomic E-state index is 5.70. The number of thiocarbonyl (C=S) groups is 1. The number of nitrogens with zero attached hydrogens (tertiary/aromatic N) is 3. The summed E-state index contributed by atoms with van der Waals surface area (Å²) in [6.07, 6.45) is 6.62. The number of nitrogens with two attached hydrogens (primary N) is 1. The van der Waals surface area contributed by atoms with Crippen molar-refractivity contribution in [3.8, 4) is 0 Å². The van der Waals surface area contributed by atoms with E-state index in [1.54, 1.807) is 6.20 Å². The van der Waals surface area contributed by atoms with Crippen LogP contribution in [0.1, 0.15) is 31.2 Å². The van der Waals surface area contributed by atoms with Crippen LogP contribution in [0.5, 0.6) is 0 Å². The third kappa shape index (κ3) is 2.47. The van der Waals surface area contributed by atoms with Gasteiger partial charge in [0.1, 0.15) is 4.99 Å². The largest absolute Gasteiger partial charge is 0.389 e. The van der Waals surface area contributed by atoms with Gasteiger partial charge in [-0.2, -0.15) is 5.10 Å². The van der Waals surface area contributed by atoms with Gasteiger partial charge in [-0.25, -0.2) is 0 Å². The summed E-state index contributed by atoms with van der Waals surface area (Å²) < 4.78 is 0. The molecule has 1 aromatic rings. The second kappa shape index (κ2) is 5.21. The minimum Gasteiger partial charge on any atom is -0.389 e. The van der Waals surface area contributed by atoms with Crippen molar-refractivity contribution in [2.45, 2.75) is 25.7 Å². The molecule has 0 unspecified atom stereocenters. The molecule has 0 radical (unpaired) electrons. The lowest BCUT2D eigenvalue weighted by atomic mass is 10.2. The van der Waals surface area contributed by atoms with E-state index in [0.717, 1.165) is 24.5 Å². The number of anilines is 1. The van der Waals surface area contributed by atoms with Crippen LogP contribution in [0, 0.1) is 0 Å². The summed E-state index contributed by atoms with van der Waals surface area (Å²) in [4.78, 5) is 2.64. The molecule has 1 saturated heterocycles. The highest BCUT2D eigenvalue weighted by Gasteiger charge is 2.16. The van der Waals surface area contributed by atoms with Crippen molar-refractivity contribution in [3.05, 3.63) is 17.8 Å². The standard InChI is InChI=1S/C11H16N4S/c12-10(16)9-5-6-13-14-11(9)15-7-3-1-2-4-8-15/h5-6H,1-4,7-8H2,(H2,12,16). The number of hydrogen-bond acceptors (Lipinski definition) is 4. The van der Waals surface area contributed by atoms with Gasteiger partial charge in [0.15, 0.2) is 5.82 Å². The van der Waals surface area contributed by atoms with Gasteiger partial charge in [0.25, 0.3) is 0 Å². The molecule has 0 spiro atoms. The van der Waals surface area contributed by atoms with E-state index in [4.69, 9.17) is 18.0 Å². The van der Waals surface area contributed by atoms with Crippen molar-refractivity contribution in [2.75, 3.05) is 18.0 Å². The minimum atomic E-state index is 0.397. The van der Waals surface area contributed by atoms with Crippen LogP contribution in [0.25, 0.3) is 0 Å². The molecule has 86 valence electrons. The quantitative estimate of drug-likeness (QED) is 0.788. The van der Waals surface area contributed by atoms with E-state index in [9.17, 15) is 0 Å². The molecule has 2 heterocycles. The SMILES string of the molecule is NC(=S)c1ccnnc1N1CCCCCC1. The molecule has 1 aliphatic heterocycles. The Bertz CT molecular complexity index is 372. The maximum Gasteiger partial charge on any atom is 0.161 e. The van der Waals surface area contributed by atoms with Gasteiger partial charge in [0, 0.05) is 13.1 Å². The zero-order chi connectivity index (χ0) is 11.4. The Morgan fingerprint density at radius 1 is 1.25 bits per heavy atom. The van der Waals surface area contributed by atoms with Crippen LogP contribution in [0.15, 0.2) is 12.3 Å². The molecule has 0 aliphatic carbocycles. The first-order chi connectivity index (χ1) is 7.79. The van der Waals surface area contributed by atoms with Gasteiger partial charge >= 0.3 is 0 Å². The maximum atomic E-state index is 5.70. The molecule has 0 amide bonds. The summed E-state index contributed by atoms with van der Waals surface area (Å²) in [7, 11) is 0. The molecule has 0 bridgehead atoms. The summed E-state index contributed by atoms with van der Waals surface area (Å²) in [6, 6.07) is 1.84. The van der Waals surface area contributed by atoms with Crippen molar-refractivity contribution in [2.24, 2.45) is 5.73 Å². The summed E-state index contributed by atoms with van der Waals surface area (Å²) in [5, 5.41) is 8.10. The van der Waals surface area contributed by atoms with Crippen LogP contribution in [-0.4, -0.2) is 28.3 Å². The summed E-state index contributed by atoms with van der Waals surface area (Å²) in [6.45, 7) is 2.04. The highest BCUT2D eigenvalue weighted by atomic mass is 32.1. The molecule has 4 nitrogen and oxygen atoms in total. The highest BCUT2D eigenvalue weighted by Crippen LogP contribution is 2.20. The van der Waals surface area contributed by atoms with Crippen molar-refractivity contribution in [1.82, 2.24) is 10.2 Å². The first kappa shape index (κ1) is 11.3. The summed E-state index contributed by atoms with van der Waals surface area (Å²) in [5.74, 6) is 0.844. The molecule has 1 fully saturated rings. The molecular weight excluding hydrogens is 220 g/mol. The Kier molecular flexibility index (Phi) is 3.66. The Morgan fingerprint density at radius 3 is 2.56 bits per heavy atom. The lowest BCUT2D eigenvalue weighted by Crippen LogP contribution is -2.28. The average Bonchev–Trinajstić information content (AvgIpc) is 2.57. The first-order valence-corrected chi connectivity index (χ1v) is 6.06. The second-order valence-corrected chi connectivity index (χ2v) is 4.47. The average molecular weight is 236 g/mol. The van der Waals surface area contributed by atoms with Gasteiger partial charge in [-0.15, -0.1) is 5.10 Å². The predicted molar refractivity (Wildman–Crippen MR) is 68.6 cm³/mol. The summed E-state index contributed by atoms with van der Waals surface area (Å²) >= 11 is 5.04. The lowest BCUT2D eigenvalue weighted by molar-refractivity contribution is 0.726. The third-order valence-corrected chi connectivity index (χ3v) is 3.09. The van der Waals surface area contributed by atoms with Gasteiger partial charge in [-0.3, -0.25) is 0 Å². The van der Waals surface area contributed by atoms with Crippen LogP contribution in [0.2, 0.25) is 0 Å². The van der Waals surface area contributed by atoms with Gasteiger partial charge < -0.3 is 10.6 Å². The Morgan fingerprint density at radius 2 is 1.94 bits per heavy atom. The number of rotatable bonds is 2. The van der Waals surface area contributed by atoms with Crippen LogP contribution in [-0.2, 0) is 0 Å². The number of hydrogen-bond donors (Lipinski definition) is 1. The van der Waals surface area contributed by atoms with Crippen molar-refractivity contribution < 1.29 is 0 Å². The molecule has 1 aromatic heterocycles. The smallest absolute Gasteiger partial charge is 0.161 e. The van der Waals surface area contributed by atoms with Gasteiger partial charge in [0.2, 0.25) is 0 Å². The minimum absolute atomic E-state index is 0.397.